The zero-order valence-corrected chi connectivity index (χ0v) is 12.8. The summed E-state index contributed by atoms with van der Waals surface area (Å²) in [5.74, 6) is 2.67. The van der Waals surface area contributed by atoms with Gasteiger partial charge in [0, 0.05) is 0 Å². The maximum atomic E-state index is 5.75. The van der Waals surface area contributed by atoms with E-state index in [0.717, 1.165) is 12.0 Å². The van der Waals surface area contributed by atoms with Crippen LogP contribution >= 0.6 is 0 Å². The molecular formula is C15H26N2O3. The number of ether oxygens (including phenoxy) is 3. The molecule has 0 fully saturated rings. The van der Waals surface area contributed by atoms with Gasteiger partial charge in [0.1, 0.15) is 0 Å². The molecule has 0 aliphatic carbocycles. The number of hydrogen-bond acceptors (Lipinski definition) is 5. The molecule has 1 aromatic rings. The van der Waals surface area contributed by atoms with Gasteiger partial charge in [0.25, 0.3) is 0 Å². The molecule has 1 atom stereocenters. The van der Waals surface area contributed by atoms with Gasteiger partial charge >= 0.3 is 0 Å². The van der Waals surface area contributed by atoms with Gasteiger partial charge in [0.2, 0.25) is 5.75 Å². The first-order chi connectivity index (χ1) is 9.62. The van der Waals surface area contributed by atoms with Crippen molar-refractivity contribution in [3.8, 4) is 17.2 Å². The second-order valence-corrected chi connectivity index (χ2v) is 4.91. The second-order valence-electron chi connectivity index (χ2n) is 4.91. The Labute approximate surface area is 121 Å². The van der Waals surface area contributed by atoms with Crippen LogP contribution < -0.4 is 25.7 Å². The topological polar surface area (TPSA) is 79.7 Å². The smallest absolute Gasteiger partial charge is 0.203 e. The minimum Gasteiger partial charge on any atom is -0.493 e. The molecular weight excluding hydrogens is 256 g/mol. The van der Waals surface area contributed by atoms with E-state index in [1.54, 1.807) is 21.3 Å². The average Bonchev–Trinajstić information content (AvgIpc) is 2.47. The van der Waals surface area contributed by atoms with Crippen molar-refractivity contribution in [2.24, 2.45) is 23.3 Å². The van der Waals surface area contributed by atoms with Crippen LogP contribution in [0.25, 0.3) is 0 Å². The molecule has 0 amide bonds. The highest BCUT2D eigenvalue weighted by Crippen LogP contribution is 2.40. The molecule has 5 heteroatoms. The Morgan fingerprint density at radius 1 is 0.950 bits per heavy atom. The predicted molar refractivity (Wildman–Crippen MR) is 80.6 cm³/mol. The van der Waals surface area contributed by atoms with Gasteiger partial charge in [-0.25, -0.2) is 0 Å². The van der Waals surface area contributed by atoms with Gasteiger partial charge in [-0.3, -0.25) is 0 Å². The summed E-state index contributed by atoms with van der Waals surface area (Å²) in [6.45, 7) is 3.33. The van der Waals surface area contributed by atoms with Crippen LogP contribution in [0.2, 0.25) is 0 Å². The first-order valence-electron chi connectivity index (χ1n) is 6.80. The monoisotopic (exact) mass is 282 g/mol. The van der Waals surface area contributed by atoms with Gasteiger partial charge in [0.05, 0.1) is 21.3 Å². The fraction of sp³-hybridized carbons (Fsp3) is 0.600. The minimum absolute atomic E-state index is 0.299. The molecule has 0 radical (unpaired) electrons. The Morgan fingerprint density at radius 3 is 2.00 bits per heavy atom. The van der Waals surface area contributed by atoms with Crippen molar-refractivity contribution in [2.75, 3.05) is 34.4 Å². The van der Waals surface area contributed by atoms with Crippen molar-refractivity contribution in [1.82, 2.24) is 0 Å². The third-order valence-corrected chi connectivity index (χ3v) is 3.74. The molecule has 20 heavy (non-hydrogen) atoms. The third kappa shape index (κ3) is 3.55. The summed E-state index contributed by atoms with van der Waals surface area (Å²) in [4.78, 5) is 0. The number of methoxy groups -OCH3 is 3. The molecule has 0 aliphatic heterocycles. The molecule has 0 aliphatic rings. The molecule has 0 aromatic heterocycles. The molecule has 114 valence electrons. The highest BCUT2D eigenvalue weighted by Gasteiger charge is 2.20. The first kappa shape index (κ1) is 16.6. The maximum absolute atomic E-state index is 5.75. The van der Waals surface area contributed by atoms with E-state index in [0.29, 0.717) is 42.2 Å². The fourth-order valence-electron chi connectivity index (χ4n) is 2.40. The Morgan fingerprint density at radius 2 is 1.55 bits per heavy atom. The number of rotatable bonds is 8. The van der Waals surface area contributed by atoms with Gasteiger partial charge in [-0.1, -0.05) is 13.0 Å². The van der Waals surface area contributed by atoms with E-state index in [2.05, 4.69) is 6.92 Å². The maximum Gasteiger partial charge on any atom is 0.203 e. The highest BCUT2D eigenvalue weighted by atomic mass is 16.5. The van der Waals surface area contributed by atoms with Crippen LogP contribution in [-0.4, -0.2) is 34.4 Å². The Kier molecular flexibility index (Phi) is 6.61. The molecule has 4 N–H and O–H groups in total. The summed E-state index contributed by atoms with van der Waals surface area (Å²) in [7, 11) is 4.85. The van der Waals surface area contributed by atoms with E-state index in [1.165, 1.54) is 0 Å². The van der Waals surface area contributed by atoms with Crippen molar-refractivity contribution in [3.05, 3.63) is 17.7 Å². The standard InChI is InChI=1S/C15H26N2O3/c1-10(12(8-16)9-17)7-11-5-6-13(18-2)15(20-4)14(11)19-3/h5-6,10,12H,7-9,16-17H2,1-4H3. The normalized spacial score (nSPS) is 12.3. The van der Waals surface area contributed by atoms with Crippen LogP contribution in [0, 0.1) is 11.8 Å². The van der Waals surface area contributed by atoms with E-state index >= 15 is 0 Å². The summed E-state index contributed by atoms with van der Waals surface area (Å²) in [6, 6.07) is 3.89. The van der Waals surface area contributed by atoms with Gasteiger partial charge in [-0.2, -0.15) is 0 Å². The molecule has 1 unspecified atom stereocenters. The van der Waals surface area contributed by atoms with E-state index in [-0.39, 0.29) is 0 Å². The minimum atomic E-state index is 0.299. The van der Waals surface area contributed by atoms with Gasteiger partial charge in [0.15, 0.2) is 11.5 Å². The molecule has 0 saturated heterocycles. The summed E-state index contributed by atoms with van der Waals surface area (Å²) in [5, 5.41) is 0. The first-order valence-corrected chi connectivity index (χ1v) is 6.80. The molecule has 0 heterocycles. The van der Waals surface area contributed by atoms with Gasteiger partial charge in [-0.05, 0) is 43.0 Å². The lowest BCUT2D eigenvalue weighted by Crippen LogP contribution is -2.30. The van der Waals surface area contributed by atoms with E-state index < -0.39 is 0 Å². The molecule has 5 nitrogen and oxygen atoms in total. The van der Waals surface area contributed by atoms with Crippen LogP contribution in [0.5, 0.6) is 17.2 Å². The van der Waals surface area contributed by atoms with Crippen molar-refractivity contribution >= 4 is 0 Å². The van der Waals surface area contributed by atoms with Crippen LogP contribution in [0.3, 0.4) is 0 Å². The van der Waals surface area contributed by atoms with E-state index in [1.807, 2.05) is 12.1 Å². The summed E-state index contributed by atoms with van der Waals surface area (Å²) in [5.41, 5.74) is 12.6. The number of nitrogens with two attached hydrogens (primary N) is 2. The zero-order chi connectivity index (χ0) is 15.1. The number of hydrogen-bond donors (Lipinski definition) is 2. The molecule has 0 bridgehead atoms. The van der Waals surface area contributed by atoms with Crippen molar-refractivity contribution in [2.45, 2.75) is 13.3 Å². The summed E-state index contributed by atoms with van der Waals surface area (Å²) in [6.07, 6.45) is 0.836. The quantitative estimate of drug-likeness (QED) is 0.754. The Hall–Kier alpha value is -1.46. The van der Waals surface area contributed by atoms with Crippen molar-refractivity contribution in [1.29, 1.82) is 0 Å². The second kappa shape index (κ2) is 7.97. The van der Waals surface area contributed by atoms with Crippen molar-refractivity contribution < 1.29 is 14.2 Å². The molecule has 0 spiro atoms. The zero-order valence-electron chi connectivity index (χ0n) is 12.8. The summed E-state index contributed by atoms with van der Waals surface area (Å²) >= 11 is 0. The Balaban J connectivity index is 3.06. The Bertz CT molecular complexity index is 420. The lowest BCUT2D eigenvalue weighted by Gasteiger charge is -2.23. The average molecular weight is 282 g/mol. The number of benzene rings is 1. The fourth-order valence-corrected chi connectivity index (χ4v) is 2.40. The van der Waals surface area contributed by atoms with Crippen LogP contribution in [-0.2, 0) is 6.42 Å². The molecule has 1 rings (SSSR count). The largest absolute Gasteiger partial charge is 0.493 e. The highest BCUT2D eigenvalue weighted by molar-refractivity contribution is 5.55. The van der Waals surface area contributed by atoms with Gasteiger partial charge < -0.3 is 25.7 Å². The SMILES string of the molecule is COc1ccc(CC(C)C(CN)CN)c(OC)c1OC. The predicted octanol–water partition coefficient (Wildman–Crippen LogP) is 1.42. The lowest BCUT2D eigenvalue weighted by atomic mass is 9.88. The van der Waals surface area contributed by atoms with Crippen LogP contribution in [0.1, 0.15) is 12.5 Å². The van der Waals surface area contributed by atoms with Crippen LogP contribution in [0.4, 0.5) is 0 Å². The lowest BCUT2D eigenvalue weighted by molar-refractivity contribution is 0.317. The summed E-state index contributed by atoms with van der Waals surface area (Å²) < 4.78 is 16.2. The molecule has 0 saturated carbocycles. The van der Waals surface area contributed by atoms with E-state index in [9.17, 15) is 0 Å². The third-order valence-electron chi connectivity index (χ3n) is 3.74. The van der Waals surface area contributed by atoms with Crippen LogP contribution in [0.15, 0.2) is 12.1 Å². The molecule has 1 aromatic carbocycles. The van der Waals surface area contributed by atoms with Gasteiger partial charge in [-0.15, -0.1) is 0 Å². The van der Waals surface area contributed by atoms with Crippen molar-refractivity contribution in [3.63, 3.8) is 0 Å². The van der Waals surface area contributed by atoms with E-state index in [4.69, 9.17) is 25.7 Å².